The maximum absolute atomic E-state index is 12.0. The average molecular weight is 337 g/mol. The lowest BCUT2D eigenvalue weighted by Crippen LogP contribution is -2.26. The quantitative estimate of drug-likeness (QED) is 0.816. The van der Waals surface area contributed by atoms with Gasteiger partial charge in [0.2, 0.25) is 5.91 Å². The van der Waals surface area contributed by atoms with Crippen LogP contribution in [-0.4, -0.2) is 17.0 Å². The molecule has 0 spiro atoms. The molecule has 1 aromatic heterocycles. The van der Waals surface area contributed by atoms with E-state index in [0.29, 0.717) is 22.9 Å². The Hall–Kier alpha value is -1.36. The normalized spacial score (nSPS) is 17.7. The molecule has 4 nitrogen and oxygen atoms in total. The molecule has 128 valence electrons. The molecule has 1 unspecified atom stereocenters. The van der Waals surface area contributed by atoms with Gasteiger partial charge >= 0.3 is 5.97 Å². The molecule has 0 aliphatic heterocycles. The van der Waals surface area contributed by atoms with Crippen molar-refractivity contribution in [3.05, 3.63) is 16.0 Å². The van der Waals surface area contributed by atoms with E-state index < -0.39 is 5.97 Å². The van der Waals surface area contributed by atoms with E-state index in [1.54, 1.807) is 0 Å². The second kappa shape index (κ2) is 7.04. The Labute approximate surface area is 142 Å². The molecule has 0 aromatic carbocycles. The van der Waals surface area contributed by atoms with Gasteiger partial charge in [0.05, 0.1) is 5.56 Å². The number of carbonyl (C=O) groups is 2. The first-order chi connectivity index (χ1) is 10.7. The maximum Gasteiger partial charge on any atom is 0.339 e. The first-order valence-electron chi connectivity index (χ1n) is 8.41. The predicted molar refractivity (Wildman–Crippen MR) is 94.4 cm³/mol. The van der Waals surface area contributed by atoms with Crippen LogP contribution in [0.15, 0.2) is 0 Å². The number of hydrogen-bond acceptors (Lipinski definition) is 3. The van der Waals surface area contributed by atoms with E-state index in [9.17, 15) is 14.7 Å². The van der Waals surface area contributed by atoms with Gasteiger partial charge in [0.1, 0.15) is 5.00 Å². The summed E-state index contributed by atoms with van der Waals surface area (Å²) in [6.07, 6.45) is 4.94. The summed E-state index contributed by atoms with van der Waals surface area (Å²) in [7, 11) is 0. The third-order valence-corrected chi connectivity index (χ3v) is 5.88. The van der Waals surface area contributed by atoms with E-state index in [-0.39, 0.29) is 11.3 Å². The first kappa shape index (κ1) is 18.0. The van der Waals surface area contributed by atoms with Crippen molar-refractivity contribution in [3.63, 3.8) is 0 Å². The minimum Gasteiger partial charge on any atom is -0.478 e. The molecule has 1 aliphatic carbocycles. The topological polar surface area (TPSA) is 66.4 Å². The van der Waals surface area contributed by atoms with E-state index in [2.05, 4.69) is 26.1 Å². The summed E-state index contributed by atoms with van der Waals surface area (Å²) in [5.74, 6) is -0.457. The molecule has 2 rings (SSSR count). The smallest absolute Gasteiger partial charge is 0.339 e. The van der Waals surface area contributed by atoms with E-state index >= 15 is 0 Å². The highest BCUT2D eigenvalue weighted by atomic mass is 32.1. The van der Waals surface area contributed by atoms with E-state index in [0.717, 1.165) is 42.5 Å². The molecule has 0 saturated carbocycles. The molecule has 0 bridgehead atoms. The van der Waals surface area contributed by atoms with Gasteiger partial charge in [-0.2, -0.15) is 0 Å². The summed E-state index contributed by atoms with van der Waals surface area (Å²) in [4.78, 5) is 24.8. The van der Waals surface area contributed by atoms with Crippen LogP contribution in [-0.2, 0) is 17.6 Å². The average Bonchev–Trinajstić information content (AvgIpc) is 2.80. The summed E-state index contributed by atoms with van der Waals surface area (Å²) in [5.41, 5.74) is 1.48. The molecule has 1 atom stereocenters. The van der Waals surface area contributed by atoms with Gasteiger partial charge in [0.25, 0.3) is 0 Å². The fourth-order valence-corrected chi connectivity index (χ4v) is 4.50. The summed E-state index contributed by atoms with van der Waals surface area (Å²) < 4.78 is 0. The Balaban J connectivity index is 2.26. The monoisotopic (exact) mass is 337 g/mol. The number of carbonyl (C=O) groups excluding carboxylic acids is 1. The number of thiophene rings is 1. The summed E-state index contributed by atoms with van der Waals surface area (Å²) in [5, 5.41) is 12.9. The van der Waals surface area contributed by atoms with Crippen LogP contribution in [0.25, 0.3) is 0 Å². The highest BCUT2D eigenvalue weighted by Crippen LogP contribution is 2.44. The minimum atomic E-state index is -0.928. The van der Waals surface area contributed by atoms with E-state index in [1.807, 2.05) is 6.92 Å². The standard InChI is InChI=1S/C18H27NO3S/c1-5-6-7-14(20)19-16-15(17(21)22)12-9-8-11(18(2,3)4)10-13(12)23-16/h11H,5-10H2,1-4H3,(H,19,20)(H,21,22). The van der Waals surface area contributed by atoms with Crippen LogP contribution in [0.5, 0.6) is 0 Å². The zero-order chi connectivity index (χ0) is 17.2. The molecule has 2 N–H and O–H groups in total. The van der Waals surface area contributed by atoms with Gasteiger partial charge in [-0.25, -0.2) is 4.79 Å². The second-order valence-electron chi connectivity index (χ2n) is 7.47. The van der Waals surface area contributed by atoms with Gasteiger partial charge in [-0.1, -0.05) is 34.1 Å². The third kappa shape index (κ3) is 4.14. The molecule has 0 saturated heterocycles. The van der Waals surface area contributed by atoms with Crippen LogP contribution >= 0.6 is 11.3 Å². The number of nitrogens with one attached hydrogen (secondary N) is 1. The first-order valence-corrected chi connectivity index (χ1v) is 9.23. The minimum absolute atomic E-state index is 0.0830. The van der Waals surface area contributed by atoms with Crippen molar-refractivity contribution in [2.75, 3.05) is 5.32 Å². The number of carboxylic acid groups (broad SMARTS) is 1. The maximum atomic E-state index is 12.0. The van der Waals surface area contributed by atoms with Crippen LogP contribution in [0.1, 0.15) is 74.2 Å². The number of unbranched alkanes of at least 4 members (excludes halogenated alkanes) is 1. The zero-order valence-electron chi connectivity index (χ0n) is 14.5. The van der Waals surface area contributed by atoms with Crippen molar-refractivity contribution in [1.82, 2.24) is 0 Å². The Kier molecular flexibility index (Phi) is 5.50. The number of fused-ring (bicyclic) bond motifs is 1. The van der Waals surface area contributed by atoms with Crippen LogP contribution < -0.4 is 5.32 Å². The molecule has 1 amide bonds. The summed E-state index contributed by atoms with van der Waals surface area (Å²) in [6, 6.07) is 0. The van der Waals surface area contributed by atoms with Crippen molar-refractivity contribution in [3.8, 4) is 0 Å². The van der Waals surface area contributed by atoms with Crippen molar-refractivity contribution >= 4 is 28.2 Å². The number of aromatic carboxylic acids is 1. The molecule has 0 radical (unpaired) electrons. The zero-order valence-corrected chi connectivity index (χ0v) is 15.3. The molecule has 0 fully saturated rings. The fraction of sp³-hybridized carbons (Fsp3) is 0.667. The Bertz CT molecular complexity index is 598. The van der Waals surface area contributed by atoms with Gasteiger partial charge in [-0.05, 0) is 42.6 Å². The van der Waals surface area contributed by atoms with E-state index in [1.165, 1.54) is 11.3 Å². The van der Waals surface area contributed by atoms with Gasteiger partial charge in [-0.15, -0.1) is 11.3 Å². The number of anilines is 1. The van der Waals surface area contributed by atoms with Crippen LogP contribution in [0.3, 0.4) is 0 Å². The lowest BCUT2D eigenvalue weighted by molar-refractivity contribution is -0.116. The number of hydrogen-bond donors (Lipinski definition) is 2. The van der Waals surface area contributed by atoms with E-state index in [4.69, 9.17) is 0 Å². The van der Waals surface area contributed by atoms with Crippen LogP contribution in [0.4, 0.5) is 5.00 Å². The molecule has 1 heterocycles. The van der Waals surface area contributed by atoms with Crippen molar-refractivity contribution < 1.29 is 14.7 Å². The lowest BCUT2D eigenvalue weighted by atomic mass is 9.72. The summed E-state index contributed by atoms with van der Waals surface area (Å²) in [6.45, 7) is 8.75. The van der Waals surface area contributed by atoms with Gasteiger partial charge in [-0.3, -0.25) is 4.79 Å². The van der Waals surface area contributed by atoms with Gasteiger partial charge in [0, 0.05) is 11.3 Å². The lowest BCUT2D eigenvalue weighted by Gasteiger charge is -2.33. The molecule has 1 aromatic rings. The van der Waals surface area contributed by atoms with Crippen LogP contribution in [0.2, 0.25) is 0 Å². The summed E-state index contributed by atoms with van der Waals surface area (Å²) >= 11 is 1.46. The van der Waals surface area contributed by atoms with Gasteiger partial charge < -0.3 is 10.4 Å². The van der Waals surface area contributed by atoms with Gasteiger partial charge in [0.15, 0.2) is 0 Å². The Morgan fingerprint density at radius 2 is 2.04 bits per heavy atom. The van der Waals surface area contributed by atoms with Crippen LogP contribution in [0, 0.1) is 11.3 Å². The highest BCUT2D eigenvalue weighted by molar-refractivity contribution is 7.17. The largest absolute Gasteiger partial charge is 0.478 e. The molecule has 23 heavy (non-hydrogen) atoms. The Morgan fingerprint density at radius 3 is 2.61 bits per heavy atom. The number of rotatable bonds is 5. The molecular weight excluding hydrogens is 310 g/mol. The molecule has 5 heteroatoms. The number of carboxylic acids is 1. The SMILES string of the molecule is CCCCC(=O)Nc1sc2c(c1C(=O)O)CCC(C(C)(C)C)C2. The fourth-order valence-electron chi connectivity index (χ4n) is 3.17. The Morgan fingerprint density at radius 1 is 1.35 bits per heavy atom. The second-order valence-corrected chi connectivity index (χ2v) is 8.58. The van der Waals surface area contributed by atoms with Crippen molar-refractivity contribution in [2.45, 2.75) is 66.2 Å². The number of amides is 1. The molecule has 1 aliphatic rings. The highest BCUT2D eigenvalue weighted by Gasteiger charge is 2.33. The molecular formula is C18H27NO3S. The third-order valence-electron chi connectivity index (χ3n) is 4.71. The van der Waals surface area contributed by atoms with Crippen molar-refractivity contribution in [1.29, 1.82) is 0 Å². The van der Waals surface area contributed by atoms with Crippen molar-refractivity contribution in [2.24, 2.45) is 11.3 Å². The predicted octanol–water partition coefficient (Wildman–Crippen LogP) is 4.73.